The van der Waals surface area contributed by atoms with Crippen molar-refractivity contribution in [2.75, 3.05) is 17.2 Å². The molecule has 0 bridgehead atoms. The molecular formula is C9H10ClN5O2. The van der Waals surface area contributed by atoms with E-state index in [2.05, 4.69) is 15.3 Å². The molecule has 0 aliphatic carbocycles. The number of nitrogens with zero attached hydrogens (tertiary/aromatic N) is 3. The quantitative estimate of drug-likeness (QED) is 0.660. The molecule has 1 fully saturated rings. The van der Waals surface area contributed by atoms with Gasteiger partial charge in [-0.2, -0.15) is 0 Å². The molecule has 3 N–H and O–H groups in total. The number of anilines is 2. The van der Waals surface area contributed by atoms with Gasteiger partial charge >= 0.3 is 0 Å². The van der Waals surface area contributed by atoms with Gasteiger partial charge in [0.15, 0.2) is 5.82 Å². The Bertz CT molecular complexity index is 492. The molecule has 0 aromatic carbocycles. The number of hydrogen-bond acceptors (Lipinski definition) is 6. The lowest BCUT2D eigenvalue weighted by molar-refractivity contribution is -0.132. The number of carbonyl (C=O) groups is 2. The van der Waals surface area contributed by atoms with Crippen molar-refractivity contribution in [1.29, 1.82) is 0 Å². The molecular weight excluding hydrogens is 246 g/mol. The number of nitrogens with two attached hydrogens (primary N) is 1. The molecule has 1 aromatic heterocycles. The van der Waals surface area contributed by atoms with Gasteiger partial charge < -0.3 is 10.6 Å². The molecule has 1 atom stereocenters. The fourth-order valence-corrected chi connectivity index (χ4v) is 1.75. The summed E-state index contributed by atoms with van der Waals surface area (Å²) in [6, 6.07) is -0.542. The molecule has 1 aromatic rings. The van der Waals surface area contributed by atoms with Crippen LogP contribution in [0.25, 0.3) is 0 Å². The van der Waals surface area contributed by atoms with Crippen molar-refractivity contribution >= 4 is 35.1 Å². The number of nitrogens with one attached hydrogen (secondary N) is 1. The zero-order chi connectivity index (χ0) is 12.6. The maximum absolute atomic E-state index is 11.5. The first kappa shape index (κ1) is 11.6. The largest absolute Gasteiger partial charge is 0.382 e. The standard InChI is InChI=1S/C9H10ClN5O2/c1-4-9(17)14-5(16)2-15(4)8-6(10)7(11)12-3-13-8/h3-4H,2H2,1H3,(H2,11,12,13)(H,14,16,17). The van der Waals surface area contributed by atoms with Crippen molar-refractivity contribution in [3.05, 3.63) is 11.3 Å². The second kappa shape index (κ2) is 4.17. The molecule has 1 unspecified atom stereocenters. The highest BCUT2D eigenvalue weighted by Crippen LogP contribution is 2.28. The minimum atomic E-state index is -0.542. The Balaban J connectivity index is 2.41. The van der Waals surface area contributed by atoms with Crippen molar-refractivity contribution in [3.63, 3.8) is 0 Å². The third-order valence-corrected chi connectivity index (χ3v) is 2.86. The molecule has 8 heteroatoms. The minimum Gasteiger partial charge on any atom is -0.382 e. The van der Waals surface area contributed by atoms with E-state index in [1.807, 2.05) is 0 Å². The summed E-state index contributed by atoms with van der Waals surface area (Å²) >= 11 is 5.95. The zero-order valence-electron chi connectivity index (χ0n) is 8.98. The Kier molecular flexibility index (Phi) is 2.84. The minimum absolute atomic E-state index is 0.00306. The van der Waals surface area contributed by atoms with Crippen LogP contribution in [0.1, 0.15) is 6.92 Å². The maximum atomic E-state index is 11.5. The molecule has 2 rings (SSSR count). The molecule has 2 amide bonds. The summed E-state index contributed by atoms with van der Waals surface area (Å²) in [5.74, 6) is -0.395. The first-order valence-electron chi connectivity index (χ1n) is 4.87. The van der Waals surface area contributed by atoms with E-state index in [9.17, 15) is 9.59 Å². The topological polar surface area (TPSA) is 101 Å². The Morgan fingerprint density at radius 2 is 2.24 bits per heavy atom. The van der Waals surface area contributed by atoms with E-state index in [0.29, 0.717) is 0 Å². The molecule has 1 aliphatic heterocycles. The smallest absolute Gasteiger partial charge is 0.249 e. The van der Waals surface area contributed by atoms with Crippen LogP contribution in [-0.2, 0) is 9.59 Å². The number of rotatable bonds is 1. The third-order valence-electron chi connectivity index (χ3n) is 2.49. The molecule has 7 nitrogen and oxygen atoms in total. The van der Waals surface area contributed by atoms with Crippen LogP contribution in [-0.4, -0.2) is 34.4 Å². The van der Waals surface area contributed by atoms with E-state index in [1.54, 1.807) is 6.92 Å². The van der Waals surface area contributed by atoms with Crippen molar-refractivity contribution in [1.82, 2.24) is 15.3 Å². The Hall–Kier alpha value is -1.89. The second-order valence-corrected chi connectivity index (χ2v) is 3.99. The van der Waals surface area contributed by atoms with Gasteiger partial charge in [-0.3, -0.25) is 14.9 Å². The van der Waals surface area contributed by atoms with Gasteiger partial charge in [0.2, 0.25) is 11.8 Å². The highest BCUT2D eigenvalue weighted by atomic mass is 35.5. The summed E-state index contributed by atoms with van der Waals surface area (Å²) in [5, 5.41) is 2.37. The zero-order valence-corrected chi connectivity index (χ0v) is 9.73. The summed E-state index contributed by atoms with van der Waals surface area (Å²) in [7, 11) is 0. The van der Waals surface area contributed by atoms with Crippen molar-refractivity contribution in [2.24, 2.45) is 0 Å². The Morgan fingerprint density at radius 1 is 1.53 bits per heavy atom. The fourth-order valence-electron chi connectivity index (χ4n) is 1.55. The second-order valence-electron chi connectivity index (χ2n) is 3.61. The van der Waals surface area contributed by atoms with Crippen molar-refractivity contribution in [2.45, 2.75) is 13.0 Å². The number of amides is 2. The van der Waals surface area contributed by atoms with Crippen LogP contribution in [0.3, 0.4) is 0 Å². The molecule has 1 saturated heterocycles. The highest BCUT2D eigenvalue weighted by Gasteiger charge is 2.32. The first-order valence-corrected chi connectivity index (χ1v) is 5.25. The van der Waals surface area contributed by atoms with Crippen molar-refractivity contribution in [3.8, 4) is 0 Å². The normalized spacial score (nSPS) is 20.4. The summed E-state index contributed by atoms with van der Waals surface area (Å²) < 4.78 is 0. The predicted molar refractivity (Wildman–Crippen MR) is 61.4 cm³/mol. The van der Waals surface area contributed by atoms with Crippen LogP contribution in [0, 0.1) is 0 Å². The van der Waals surface area contributed by atoms with Gasteiger partial charge in [0.05, 0.1) is 6.54 Å². The number of halogens is 1. The van der Waals surface area contributed by atoms with E-state index < -0.39 is 17.9 Å². The number of nitrogen functional groups attached to an aromatic ring is 1. The molecule has 90 valence electrons. The number of imide groups is 1. The van der Waals surface area contributed by atoms with Crippen LogP contribution >= 0.6 is 11.6 Å². The van der Waals surface area contributed by atoms with E-state index in [1.165, 1.54) is 11.2 Å². The molecule has 0 saturated carbocycles. The van der Waals surface area contributed by atoms with Crippen LogP contribution in [0.5, 0.6) is 0 Å². The monoisotopic (exact) mass is 255 g/mol. The van der Waals surface area contributed by atoms with Crippen LogP contribution in [0.2, 0.25) is 5.02 Å². The molecule has 0 radical (unpaired) electrons. The molecule has 17 heavy (non-hydrogen) atoms. The molecule has 0 spiro atoms. The Morgan fingerprint density at radius 3 is 2.94 bits per heavy atom. The van der Waals surface area contributed by atoms with E-state index in [0.717, 1.165) is 0 Å². The van der Waals surface area contributed by atoms with Crippen molar-refractivity contribution < 1.29 is 9.59 Å². The summed E-state index contributed by atoms with van der Waals surface area (Å²) in [5.41, 5.74) is 5.55. The van der Waals surface area contributed by atoms with E-state index in [4.69, 9.17) is 17.3 Å². The summed E-state index contributed by atoms with van der Waals surface area (Å²) in [4.78, 5) is 32.0. The van der Waals surface area contributed by atoms with Gasteiger partial charge in [0.1, 0.15) is 23.2 Å². The SMILES string of the molecule is CC1C(=O)NC(=O)CN1c1ncnc(N)c1Cl. The average Bonchev–Trinajstić information content (AvgIpc) is 2.27. The number of aromatic nitrogens is 2. The summed E-state index contributed by atoms with van der Waals surface area (Å²) in [6.45, 7) is 1.65. The van der Waals surface area contributed by atoms with Crippen LogP contribution in [0.15, 0.2) is 6.33 Å². The van der Waals surface area contributed by atoms with E-state index in [-0.39, 0.29) is 23.2 Å². The van der Waals surface area contributed by atoms with Gasteiger partial charge in [0, 0.05) is 0 Å². The van der Waals surface area contributed by atoms with Gasteiger partial charge in [-0.1, -0.05) is 11.6 Å². The van der Waals surface area contributed by atoms with Gasteiger partial charge in [0.25, 0.3) is 0 Å². The molecule has 2 heterocycles. The number of hydrogen-bond donors (Lipinski definition) is 2. The average molecular weight is 256 g/mol. The number of piperazine rings is 1. The van der Waals surface area contributed by atoms with Gasteiger partial charge in [-0.15, -0.1) is 0 Å². The predicted octanol–water partition coefficient (Wildman–Crippen LogP) is -0.437. The Labute approximate surface area is 102 Å². The lowest BCUT2D eigenvalue weighted by Gasteiger charge is -2.32. The lowest BCUT2D eigenvalue weighted by atomic mass is 10.2. The fraction of sp³-hybridized carbons (Fsp3) is 0.333. The van der Waals surface area contributed by atoms with Gasteiger partial charge in [-0.05, 0) is 6.92 Å². The van der Waals surface area contributed by atoms with Gasteiger partial charge in [-0.25, -0.2) is 9.97 Å². The summed E-state index contributed by atoms with van der Waals surface area (Å²) in [6.07, 6.45) is 1.24. The first-order chi connectivity index (χ1) is 8.00. The van der Waals surface area contributed by atoms with Crippen LogP contribution < -0.4 is 16.0 Å². The maximum Gasteiger partial charge on any atom is 0.249 e. The lowest BCUT2D eigenvalue weighted by Crippen LogP contribution is -2.57. The van der Waals surface area contributed by atoms with Crippen LogP contribution in [0.4, 0.5) is 11.6 Å². The molecule has 1 aliphatic rings. The number of carbonyl (C=O) groups excluding carboxylic acids is 2. The highest BCUT2D eigenvalue weighted by molar-refractivity contribution is 6.35. The van der Waals surface area contributed by atoms with E-state index >= 15 is 0 Å². The third kappa shape index (κ3) is 2.01.